The van der Waals surface area contributed by atoms with Crippen LogP contribution in [0.15, 0.2) is 24.3 Å². The maximum Gasteiger partial charge on any atom is 0.119 e. The van der Waals surface area contributed by atoms with Crippen LogP contribution in [0.3, 0.4) is 0 Å². The zero-order valence-corrected chi connectivity index (χ0v) is 12.2. The Balaban J connectivity index is 1.93. The summed E-state index contributed by atoms with van der Waals surface area (Å²) in [5.41, 5.74) is 1.35. The maximum absolute atomic E-state index is 5.63. The first-order chi connectivity index (χ1) is 9.33. The van der Waals surface area contributed by atoms with Crippen molar-refractivity contribution in [3.8, 4) is 5.75 Å². The number of likely N-dealkylation sites (tertiary alicyclic amines) is 1. The van der Waals surface area contributed by atoms with E-state index in [4.69, 9.17) is 4.74 Å². The number of nitrogens with zero attached hydrogens (tertiary/aromatic N) is 1. The topological polar surface area (TPSA) is 24.5 Å². The van der Waals surface area contributed by atoms with Gasteiger partial charge in [-0.15, -0.1) is 0 Å². The van der Waals surface area contributed by atoms with Gasteiger partial charge in [0.1, 0.15) is 5.75 Å². The smallest absolute Gasteiger partial charge is 0.119 e. The van der Waals surface area contributed by atoms with E-state index >= 15 is 0 Å². The molecule has 106 valence electrons. The second-order valence-electron chi connectivity index (χ2n) is 5.27. The van der Waals surface area contributed by atoms with E-state index in [9.17, 15) is 0 Å². The number of rotatable bonds is 7. The SMILES string of the molecule is CCCOc1ccc(C(CN2CCCC2)NC)cc1. The van der Waals surface area contributed by atoms with Gasteiger partial charge in [-0.1, -0.05) is 19.1 Å². The number of benzene rings is 1. The Hall–Kier alpha value is -1.06. The van der Waals surface area contributed by atoms with Gasteiger partial charge in [0, 0.05) is 12.6 Å². The summed E-state index contributed by atoms with van der Waals surface area (Å²) in [6, 6.07) is 8.95. The van der Waals surface area contributed by atoms with E-state index in [1.54, 1.807) is 0 Å². The normalized spacial score (nSPS) is 17.6. The highest BCUT2D eigenvalue weighted by Crippen LogP contribution is 2.20. The first-order valence-corrected chi connectivity index (χ1v) is 7.46. The zero-order valence-electron chi connectivity index (χ0n) is 12.2. The molecule has 1 unspecified atom stereocenters. The lowest BCUT2D eigenvalue weighted by Crippen LogP contribution is -2.31. The fourth-order valence-corrected chi connectivity index (χ4v) is 2.60. The molecular formula is C16H26N2O. The molecule has 1 N–H and O–H groups in total. The Morgan fingerprint density at radius 3 is 2.47 bits per heavy atom. The third-order valence-corrected chi connectivity index (χ3v) is 3.74. The lowest BCUT2D eigenvalue weighted by atomic mass is 10.1. The minimum atomic E-state index is 0.415. The Bertz CT molecular complexity index is 358. The summed E-state index contributed by atoms with van der Waals surface area (Å²) in [6.07, 6.45) is 3.75. The summed E-state index contributed by atoms with van der Waals surface area (Å²) in [4.78, 5) is 2.54. The molecule has 1 aromatic rings. The van der Waals surface area contributed by atoms with Crippen LogP contribution in [0.2, 0.25) is 0 Å². The first kappa shape index (κ1) is 14.4. The van der Waals surface area contributed by atoms with Crippen molar-refractivity contribution in [1.29, 1.82) is 0 Å². The fraction of sp³-hybridized carbons (Fsp3) is 0.625. The van der Waals surface area contributed by atoms with Gasteiger partial charge in [-0.2, -0.15) is 0 Å². The van der Waals surface area contributed by atoms with E-state index in [1.807, 2.05) is 7.05 Å². The third-order valence-electron chi connectivity index (χ3n) is 3.74. The molecule has 1 aliphatic heterocycles. The molecule has 19 heavy (non-hydrogen) atoms. The average molecular weight is 262 g/mol. The predicted octanol–water partition coefficient (Wildman–Crippen LogP) is 2.83. The largest absolute Gasteiger partial charge is 0.494 e. The van der Waals surface area contributed by atoms with Crippen LogP contribution in [0.5, 0.6) is 5.75 Å². The summed E-state index contributed by atoms with van der Waals surface area (Å²) >= 11 is 0. The quantitative estimate of drug-likeness (QED) is 0.818. The molecule has 1 saturated heterocycles. The molecule has 0 bridgehead atoms. The van der Waals surface area contributed by atoms with Crippen LogP contribution in [0.1, 0.15) is 37.8 Å². The van der Waals surface area contributed by atoms with Gasteiger partial charge in [-0.3, -0.25) is 0 Å². The second kappa shape index (κ2) is 7.51. The van der Waals surface area contributed by atoms with Crippen molar-refractivity contribution in [3.63, 3.8) is 0 Å². The highest BCUT2D eigenvalue weighted by Gasteiger charge is 2.17. The maximum atomic E-state index is 5.63. The van der Waals surface area contributed by atoms with Crippen LogP contribution >= 0.6 is 0 Å². The molecule has 0 aliphatic carbocycles. The van der Waals surface area contributed by atoms with Crippen molar-refractivity contribution >= 4 is 0 Å². The Kier molecular flexibility index (Phi) is 5.67. The Morgan fingerprint density at radius 1 is 1.21 bits per heavy atom. The van der Waals surface area contributed by atoms with Crippen molar-refractivity contribution in [2.45, 2.75) is 32.2 Å². The number of hydrogen-bond donors (Lipinski definition) is 1. The molecule has 1 heterocycles. The van der Waals surface area contributed by atoms with E-state index in [0.717, 1.165) is 25.3 Å². The molecule has 0 aromatic heterocycles. The molecule has 0 radical (unpaired) electrons. The van der Waals surface area contributed by atoms with Crippen LogP contribution in [0, 0.1) is 0 Å². The van der Waals surface area contributed by atoms with Gasteiger partial charge in [0.25, 0.3) is 0 Å². The van der Waals surface area contributed by atoms with Gasteiger partial charge in [-0.25, -0.2) is 0 Å². The van der Waals surface area contributed by atoms with Crippen molar-refractivity contribution in [2.24, 2.45) is 0 Å². The van der Waals surface area contributed by atoms with Crippen molar-refractivity contribution in [2.75, 3.05) is 33.3 Å². The van der Waals surface area contributed by atoms with Crippen LogP contribution in [0.25, 0.3) is 0 Å². The first-order valence-electron chi connectivity index (χ1n) is 7.46. The summed E-state index contributed by atoms with van der Waals surface area (Å²) in [5, 5.41) is 3.43. The molecule has 0 saturated carbocycles. The minimum Gasteiger partial charge on any atom is -0.494 e. The van der Waals surface area contributed by atoms with Gasteiger partial charge in [-0.05, 0) is 57.1 Å². The van der Waals surface area contributed by atoms with Gasteiger partial charge in [0.2, 0.25) is 0 Å². The van der Waals surface area contributed by atoms with E-state index in [0.29, 0.717) is 6.04 Å². The molecule has 3 heteroatoms. The summed E-state index contributed by atoms with van der Waals surface area (Å²) in [7, 11) is 2.04. The standard InChI is InChI=1S/C16H26N2O/c1-3-12-19-15-8-6-14(7-9-15)16(17-2)13-18-10-4-5-11-18/h6-9,16-17H,3-5,10-13H2,1-2H3. The molecule has 0 spiro atoms. The van der Waals surface area contributed by atoms with E-state index < -0.39 is 0 Å². The van der Waals surface area contributed by atoms with Crippen LogP contribution in [-0.2, 0) is 0 Å². The Morgan fingerprint density at radius 2 is 1.89 bits per heavy atom. The van der Waals surface area contributed by atoms with Crippen LogP contribution in [0.4, 0.5) is 0 Å². The molecule has 3 nitrogen and oxygen atoms in total. The van der Waals surface area contributed by atoms with Gasteiger partial charge in [0.15, 0.2) is 0 Å². The molecular weight excluding hydrogens is 236 g/mol. The second-order valence-corrected chi connectivity index (χ2v) is 5.27. The van der Waals surface area contributed by atoms with Gasteiger partial charge >= 0.3 is 0 Å². The minimum absolute atomic E-state index is 0.415. The monoisotopic (exact) mass is 262 g/mol. The molecule has 0 amide bonds. The zero-order chi connectivity index (χ0) is 13.5. The molecule has 2 rings (SSSR count). The van der Waals surface area contributed by atoms with E-state index in [2.05, 4.69) is 41.4 Å². The molecule has 1 aromatic carbocycles. The average Bonchev–Trinajstić information content (AvgIpc) is 2.96. The number of ether oxygens (including phenoxy) is 1. The molecule has 1 fully saturated rings. The van der Waals surface area contributed by atoms with E-state index in [-0.39, 0.29) is 0 Å². The fourth-order valence-electron chi connectivity index (χ4n) is 2.60. The lowest BCUT2D eigenvalue weighted by molar-refractivity contribution is 0.298. The highest BCUT2D eigenvalue weighted by atomic mass is 16.5. The number of nitrogens with one attached hydrogen (secondary N) is 1. The number of hydrogen-bond acceptors (Lipinski definition) is 3. The summed E-state index contributed by atoms with van der Waals surface area (Å²) < 4.78 is 5.63. The lowest BCUT2D eigenvalue weighted by Gasteiger charge is -2.23. The summed E-state index contributed by atoms with van der Waals surface area (Å²) in [6.45, 7) is 6.52. The highest BCUT2D eigenvalue weighted by molar-refractivity contribution is 5.29. The number of likely N-dealkylation sites (N-methyl/N-ethyl adjacent to an activating group) is 1. The Labute approximate surface area is 116 Å². The predicted molar refractivity (Wildman–Crippen MR) is 79.7 cm³/mol. The van der Waals surface area contributed by atoms with Gasteiger partial charge in [0.05, 0.1) is 6.61 Å². The molecule has 1 aliphatic rings. The van der Waals surface area contributed by atoms with Crippen LogP contribution < -0.4 is 10.1 Å². The van der Waals surface area contributed by atoms with Crippen molar-refractivity contribution in [3.05, 3.63) is 29.8 Å². The van der Waals surface area contributed by atoms with Crippen molar-refractivity contribution < 1.29 is 4.74 Å². The van der Waals surface area contributed by atoms with Gasteiger partial charge < -0.3 is 15.0 Å². The van der Waals surface area contributed by atoms with Crippen LogP contribution in [-0.4, -0.2) is 38.2 Å². The van der Waals surface area contributed by atoms with Crippen molar-refractivity contribution in [1.82, 2.24) is 10.2 Å². The van der Waals surface area contributed by atoms with E-state index in [1.165, 1.54) is 31.5 Å². The summed E-state index contributed by atoms with van der Waals surface area (Å²) in [5.74, 6) is 0.974. The molecule has 1 atom stereocenters. The third kappa shape index (κ3) is 4.22.